The molecule has 3 N–H and O–H groups in total. The van der Waals surface area contributed by atoms with Crippen molar-refractivity contribution in [3.05, 3.63) is 71.0 Å². The number of amides is 3. The van der Waals surface area contributed by atoms with E-state index < -0.39 is 0 Å². The zero-order valence-electron chi connectivity index (χ0n) is 15.5. The Bertz CT molecular complexity index is 999. The molecule has 0 spiro atoms. The van der Waals surface area contributed by atoms with Gasteiger partial charge in [0.05, 0.1) is 0 Å². The lowest BCUT2D eigenvalue weighted by Crippen LogP contribution is -2.83. The van der Waals surface area contributed by atoms with Crippen LogP contribution in [-0.4, -0.2) is 33.8 Å². The summed E-state index contributed by atoms with van der Waals surface area (Å²) >= 11 is 3.24. The molecular weight excluding hydrogens is 436 g/mol. The highest BCUT2D eigenvalue weighted by Crippen LogP contribution is 2.60. The fraction of sp³-hybridized carbons (Fsp3) is 0.238. The highest BCUT2D eigenvalue weighted by Gasteiger charge is 2.69. The van der Waals surface area contributed by atoms with E-state index in [1.807, 2.05) is 0 Å². The maximum Gasteiger partial charge on any atom is 0.274 e. The van der Waals surface area contributed by atoms with E-state index in [4.69, 9.17) is 0 Å². The number of aromatic nitrogens is 1. The van der Waals surface area contributed by atoms with Crippen molar-refractivity contribution in [1.29, 1.82) is 0 Å². The fourth-order valence-corrected chi connectivity index (χ4v) is 4.46. The summed E-state index contributed by atoms with van der Waals surface area (Å²) in [7, 11) is 0. The zero-order chi connectivity index (χ0) is 20.6. The van der Waals surface area contributed by atoms with Crippen LogP contribution in [0.15, 0.2) is 59.7 Å². The molecule has 3 fully saturated rings. The average Bonchev–Trinajstić information content (AvgIpc) is 2.65. The van der Waals surface area contributed by atoms with Crippen LogP contribution in [-0.2, 0) is 4.79 Å². The molecule has 3 aliphatic carbocycles. The topological polar surface area (TPSA) is 100 Å². The van der Waals surface area contributed by atoms with E-state index in [0.29, 0.717) is 21.5 Å². The molecule has 2 bridgehead atoms. The minimum atomic E-state index is -0.329. The number of rotatable bonds is 6. The number of benzene rings is 1. The van der Waals surface area contributed by atoms with Crippen LogP contribution in [0.3, 0.4) is 0 Å². The van der Waals surface area contributed by atoms with Gasteiger partial charge in [0.1, 0.15) is 10.3 Å². The molecule has 3 amide bonds. The number of carbonyl (C=O) groups is 3. The molecular formula is C21H19BrN4O3. The summed E-state index contributed by atoms with van der Waals surface area (Å²) < 4.78 is 0.580. The molecule has 148 valence electrons. The second kappa shape index (κ2) is 7.11. The predicted octanol–water partition coefficient (Wildman–Crippen LogP) is 2.80. The van der Waals surface area contributed by atoms with Gasteiger partial charge in [0.15, 0.2) is 0 Å². The molecule has 0 radical (unpaired) electrons. The molecule has 7 nitrogen and oxygen atoms in total. The van der Waals surface area contributed by atoms with Crippen molar-refractivity contribution in [2.45, 2.75) is 30.3 Å². The molecule has 2 aromatic rings. The van der Waals surface area contributed by atoms with Crippen molar-refractivity contribution in [1.82, 2.24) is 15.6 Å². The minimum Gasteiger partial charge on any atom is -0.347 e. The Hall–Kier alpha value is -3.00. The van der Waals surface area contributed by atoms with Crippen molar-refractivity contribution in [2.75, 3.05) is 5.32 Å². The third-order valence-electron chi connectivity index (χ3n) is 5.34. The molecule has 0 atom stereocenters. The quantitative estimate of drug-likeness (QED) is 0.461. The van der Waals surface area contributed by atoms with E-state index in [-0.39, 0.29) is 28.8 Å². The van der Waals surface area contributed by atoms with Gasteiger partial charge in [0.2, 0.25) is 5.91 Å². The molecule has 3 saturated carbocycles. The van der Waals surface area contributed by atoms with Crippen molar-refractivity contribution in [3.63, 3.8) is 0 Å². The summed E-state index contributed by atoms with van der Waals surface area (Å²) in [5.74, 6) is -0.676. The molecule has 1 aromatic heterocycles. The Morgan fingerprint density at radius 3 is 2.24 bits per heavy atom. The van der Waals surface area contributed by atoms with Crippen molar-refractivity contribution in [3.8, 4) is 0 Å². The second-order valence-electron chi connectivity index (χ2n) is 7.62. The van der Waals surface area contributed by atoms with E-state index >= 15 is 0 Å². The van der Waals surface area contributed by atoms with E-state index in [9.17, 15) is 14.4 Å². The van der Waals surface area contributed by atoms with Crippen LogP contribution in [0.1, 0.15) is 40.1 Å². The van der Waals surface area contributed by atoms with Crippen molar-refractivity contribution < 1.29 is 14.4 Å². The lowest BCUT2D eigenvalue weighted by Gasteiger charge is -2.70. The number of hydrogen-bond donors (Lipinski definition) is 3. The van der Waals surface area contributed by atoms with E-state index in [2.05, 4.69) is 43.4 Å². The van der Waals surface area contributed by atoms with Gasteiger partial charge in [0, 0.05) is 22.3 Å². The first kappa shape index (κ1) is 19.3. The lowest BCUT2D eigenvalue weighted by atomic mass is 9.44. The predicted molar refractivity (Wildman–Crippen MR) is 111 cm³/mol. The van der Waals surface area contributed by atoms with E-state index in [1.165, 1.54) is 6.08 Å². The number of hydrogen-bond acceptors (Lipinski definition) is 4. The first-order valence-corrected chi connectivity index (χ1v) is 9.93. The maximum atomic E-state index is 12.5. The monoisotopic (exact) mass is 454 g/mol. The molecule has 0 unspecified atom stereocenters. The zero-order valence-corrected chi connectivity index (χ0v) is 17.1. The van der Waals surface area contributed by atoms with Crippen LogP contribution < -0.4 is 16.0 Å². The van der Waals surface area contributed by atoms with Gasteiger partial charge >= 0.3 is 0 Å². The largest absolute Gasteiger partial charge is 0.347 e. The van der Waals surface area contributed by atoms with Gasteiger partial charge in [-0.3, -0.25) is 14.4 Å². The summed E-state index contributed by atoms with van der Waals surface area (Å²) in [6.45, 7) is 3.46. The number of anilines is 1. The van der Waals surface area contributed by atoms with Crippen LogP contribution in [0.5, 0.6) is 0 Å². The average molecular weight is 455 g/mol. The summed E-state index contributed by atoms with van der Waals surface area (Å²) in [5.41, 5.74) is 0.961. The van der Waals surface area contributed by atoms with E-state index in [0.717, 1.165) is 19.3 Å². The Balaban J connectivity index is 1.32. The first-order chi connectivity index (χ1) is 13.8. The molecule has 0 saturated heterocycles. The van der Waals surface area contributed by atoms with Gasteiger partial charge < -0.3 is 16.0 Å². The highest BCUT2D eigenvalue weighted by atomic mass is 79.9. The van der Waals surface area contributed by atoms with Crippen LogP contribution in [0.25, 0.3) is 0 Å². The Labute approximate surface area is 176 Å². The first-order valence-electron chi connectivity index (χ1n) is 9.13. The Kier molecular flexibility index (Phi) is 4.74. The molecule has 29 heavy (non-hydrogen) atoms. The second-order valence-corrected chi connectivity index (χ2v) is 8.43. The smallest absolute Gasteiger partial charge is 0.274 e. The van der Waals surface area contributed by atoms with Crippen LogP contribution in [0.2, 0.25) is 0 Å². The van der Waals surface area contributed by atoms with Crippen LogP contribution in [0, 0.1) is 0 Å². The van der Waals surface area contributed by atoms with Crippen molar-refractivity contribution >= 4 is 39.3 Å². The summed E-state index contributed by atoms with van der Waals surface area (Å²) in [6.07, 6.45) is 3.47. The fourth-order valence-electron chi connectivity index (χ4n) is 4.11. The number of halogens is 1. The Morgan fingerprint density at radius 1 is 0.966 bits per heavy atom. The summed E-state index contributed by atoms with van der Waals surface area (Å²) in [5, 5.41) is 8.75. The molecule has 8 heteroatoms. The van der Waals surface area contributed by atoms with Gasteiger partial charge in [-0.05, 0) is 77.7 Å². The number of nitrogens with zero attached hydrogens (tertiary/aromatic N) is 1. The normalized spacial score (nSPS) is 23.8. The number of carbonyl (C=O) groups excluding carboxylic acids is 3. The number of pyridine rings is 1. The third kappa shape index (κ3) is 3.80. The van der Waals surface area contributed by atoms with Gasteiger partial charge in [0.25, 0.3) is 11.8 Å². The van der Waals surface area contributed by atoms with Crippen LogP contribution >= 0.6 is 15.9 Å². The van der Waals surface area contributed by atoms with Crippen LogP contribution in [0.4, 0.5) is 5.69 Å². The Morgan fingerprint density at radius 2 is 1.62 bits per heavy atom. The molecule has 5 rings (SSSR count). The molecule has 0 aliphatic heterocycles. The van der Waals surface area contributed by atoms with Gasteiger partial charge in [-0.25, -0.2) is 4.98 Å². The molecule has 1 heterocycles. The summed E-state index contributed by atoms with van der Waals surface area (Å²) in [4.78, 5) is 40.3. The van der Waals surface area contributed by atoms with Gasteiger partial charge in [-0.2, -0.15) is 0 Å². The maximum absolute atomic E-state index is 12.5. The summed E-state index contributed by atoms with van der Waals surface area (Å²) in [6, 6.07) is 11.8. The lowest BCUT2D eigenvalue weighted by molar-refractivity contribution is -0.135. The van der Waals surface area contributed by atoms with Gasteiger partial charge in [-0.15, -0.1) is 0 Å². The standard InChI is InChI=1S/C21H19BrN4O3/c1-2-17(27)25-20-10-21(11-20,12-20)26-18(28)13-6-8-14(9-7-13)23-19(29)15-4-3-5-16(22)24-15/h2-9H,1,10-12H2,(H,23,29)(H,25,27)(H,26,28). The van der Waals surface area contributed by atoms with Crippen molar-refractivity contribution in [2.24, 2.45) is 0 Å². The van der Waals surface area contributed by atoms with Gasteiger partial charge in [-0.1, -0.05) is 12.6 Å². The number of nitrogens with one attached hydrogen (secondary N) is 3. The molecule has 1 aromatic carbocycles. The third-order valence-corrected chi connectivity index (χ3v) is 5.78. The van der Waals surface area contributed by atoms with E-state index in [1.54, 1.807) is 42.5 Å². The minimum absolute atomic E-state index is 0.167. The highest BCUT2D eigenvalue weighted by molar-refractivity contribution is 9.10. The SMILES string of the molecule is C=CC(=O)NC12CC(NC(=O)c3ccc(NC(=O)c4cccc(Br)n4)cc3)(C1)C2. The molecule has 3 aliphatic rings.